The Morgan fingerprint density at radius 3 is 2.47 bits per heavy atom. The standard InChI is InChI=1S/C22H18ClN5O2/c1-14-18(21(23)28(26-14)17-11-7-4-8-12-17)13-24-25-22(29)19-15(2)30-27-20(19)16-9-5-3-6-10-16/h3-13H,1-2H3,(H,25,29)/b24-13-. The van der Waals surface area contributed by atoms with Crippen LogP contribution in [0.3, 0.4) is 0 Å². The van der Waals surface area contributed by atoms with Crippen molar-refractivity contribution < 1.29 is 9.32 Å². The number of carbonyl (C=O) groups excluding carboxylic acids is 1. The van der Waals surface area contributed by atoms with E-state index in [1.54, 1.807) is 11.6 Å². The zero-order chi connectivity index (χ0) is 21.1. The van der Waals surface area contributed by atoms with E-state index in [4.69, 9.17) is 16.1 Å². The molecule has 0 fully saturated rings. The third-order valence-electron chi connectivity index (χ3n) is 4.55. The maximum absolute atomic E-state index is 12.7. The topological polar surface area (TPSA) is 85.3 Å². The number of nitrogens with zero attached hydrogens (tertiary/aromatic N) is 4. The molecule has 0 saturated carbocycles. The van der Waals surface area contributed by atoms with Crippen LogP contribution < -0.4 is 5.43 Å². The molecule has 0 bridgehead atoms. The van der Waals surface area contributed by atoms with Crippen molar-refractivity contribution in [2.75, 3.05) is 0 Å². The van der Waals surface area contributed by atoms with Crippen LogP contribution in [0.4, 0.5) is 0 Å². The minimum atomic E-state index is -0.423. The summed E-state index contributed by atoms with van der Waals surface area (Å²) in [5.41, 5.74) is 6.25. The van der Waals surface area contributed by atoms with Crippen LogP contribution in [0, 0.1) is 13.8 Å². The number of nitrogens with one attached hydrogen (secondary N) is 1. The number of hydrogen-bond donors (Lipinski definition) is 1. The largest absolute Gasteiger partial charge is 0.360 e. The summed E-state index contributed by atoms with van der Waals surface area (Å²) in [5, 5.41) is 12.9. The summed E-state index contributed by atoms with van der Waals surface area (Å²) < 4.78 is 6.85. The summed E-state index contributed by atoms with van der Waals surface area (Å²) in [6, 6.07) is 18.9. The number of aryl methyl sites for hydroxylation is 2. The minimum Gasteiger partial charge on any atom is -0.360 e. The van der Waals surface area contributed by atoms with E-state index in [-0.39, 0.29) is 0 Å². The molecule has 7 nitrogen and oxygen atoms in total. The van der Waals surface area contributed by atoms with Crippen LogP contribution in [0.2, 0.25) is 5.15 Å². The minimum absolute atomic E-state index is 0.334. The molecule has 0 radical (unpaired) electrons. The lowest BCUT2D eigenvalue weighted by Crippen LogP contribution is -2.19. The van der Waals surface area contributed by atoms with Gasteiger partial charge in [0.25, 0.3) is 5.91 Å². The van der Waals surface area contributed by atoms with E-state index in [1.165, 1.54) is 6.21 Å². The van der Waals surface area contributed by atoms with E-state index in [2.05, 4.69) is 20.8 Å². The molecule has 0 aliphatic rings. The lowest BCUT2D eigenvalue weighted by atomic mass is 10.1. The van der Waals surface area contributed by atoms with Gasteiger partial charge < -0.3 is 4.52 Å². The second kappa shape index (κ2) is 8.34. The van der Waals surface area contributed by atoms with Gasteiger partial charge in [0.2, 0.25) is 0 Å². The van der Waals surface area contributed by atoms with Crippen LogP contribution in [-0.4, -0.2) is 27.1 Å². The van der Waals surface area contributed by atoms with Crippen molar-refractivity contribution in [2.24, 2.45) is 5.10 Å². The van der Waals surface area contributed by atoms with Gasteiger partial charge >= 0.3 is 0 Å². The zero-order valence-corrected chi connectivity index (χ0v) is 17.1. The molecule has 1 N–H and O–H groups in total. The molecule has 0 saturated heterocycles. The molecule has 1 amide bonds. The highest BCUT2D eigenvalue weighted by atomic mass is 35.5. The van der Waals surface area contributed by atoms with Crippen molar-refractivity contribution >= 4 is 23.7 Å². The van der Waals surface area contributed by atoms with Crippen molar-refractivity contribution in [3.8, 4) is 16.9 Å². The first-order valence-electron chi connectivity index (χ1n) is 9.22. The molecule has 2 aromatic heterocycles. The predicted octanol–water partition coefficient (Wildman–Crippen LogP) is 4.56. The predicted molar refractivity (Wildman–Crippen MR) is 115 cm³/mol. The lowest BCUT2D eigenvalue weighted by Gasteiger charge is -2.02. The number of hydrogen-bond acceptors (Lipinski definition) is 5. The summed E-state index contributed by atoms with van der Waals surface area (Å²) in [5.74, 6) is -0.0132. The first kappa shape index (κ1) is 19.6. The number of rotatable bonds is 5. The molecule has 30 heavy (non-hydrogen) atoms. The average molecular weight is 420 g/mol. The molecule has 2 heterocycles. The molecule has 0 atom stereocenters. The van der Waals surface area contributed by atoms with Crippen LogP contribution in [0.25, 0.3) is 16.9 Å². The maximum Gasteiger partial charge on any atom is 0.277 e. The SMILES string of the molecule is Cc1nn(-c2ccccc2)c(Cl)c1/C=N\NC(=O)c1c(-c2ccccc2)noc1C. The summed E-state index contributed by atoms with van der Waals surface area (Å²) in [6.45, 7) is 3.51. The number of benzene rings is 2. The highest BCUT2D eigenvalue weighted by Gasteiger charge is 2.21. The number of hydrazone groups is 1. The first-order valence-corrected chi connectivity index (χ1v) is 9.59. The quantitative estimate of drug-likeness (QED) is 0.379. The van der Waals surface area contributed by atoms with Gasteiger partial charge in [-0.1, -0.05) is 65.3 Å². The van der Waals surface area contributed by atoms with Crippen molar-refractivity contribution in [3.63, 3.8) is 0 Å². The highest BCUT2D eigenvalue weighted by Crippen LogP contribution is 2.25. The number of aromatic nitrogens is 3. The second-order valence-electron chi connectivity index (χ2n) is 6.56. The van der Waals surface area contributed by atoms with Crippen molar-refractivity contribution in [1.82, 2.24) is 20.4 Å². The van der Waals surface area contributed by atoms with Crippen molar-refractivity contribution in [1.29, 1.82) is 0 Å². The molecule has 2 aromatic carbocycles. The number of carbonyl (C=O) groups is 1. The van der Waals surface area contributed by atoms with Gasteiger partial charge in [0.15, 0.2) is 0 Å². The maximum atomic E-state index is 12.7. The van der Waals surface area contributed by atoms with E-state index in [9.17, 15) is 4.79 Å². The van der Waals surface area contributed by atoms with Gasteiger partial charge in [-0.2, -0.15) is 10.2 Å². The Bertz CT molecular complexity index is 1210. The third-order valence-corrected chi connectivity index (χ3v) is 4.91. The van der Waals surface area contributed by atoms with Crippen molar-refractivity contribution in [3.05, 3.63) is 88.4 Å². The van der Waals surface area contributed by atoms with Crippen LogP contribution in [-0.2, 0) is 0 Å². The van der Waals surface area contributed by atoms with Crippen LogP contribution >= 0.6 is 11.6 Å². The summed E-state index contributed by atoms with van der Waals surface area (Å²) in [4.78, 5) is 12.7. The number of halogens is 1. The fourth-order valence-corrected chi connectivity index (χ4v) is 3.36. The highest BCUT2D eigenvalue weighted by molar-refractivity contribution is 6.32. The Morgan fingerprint density at radius 1 is 1.10 bits per heavy atom. The van der Waals surface area contributed by atoms with Gasteiger partial charge in [-0.15, -0.1) is 0 Å². The average Bonchev–Trinajstić information content (AvgIpc) is 3.29. The van der Waals surface area contributed by atoms with Gasteiger partial charge in [-0.3, -0.25) is 4.79 Å². The molecule has 0 aliphatic heterocycles. The third kappa shape index (κ3) is 3.75. The molecule has 0 aliphatic carbocycles. The molecule has 4 aromatic rings. The van der Waals surface area contributed by atoms with Gasteiger partial charge in [0.05, 0.1) is 23.2 Å². The molecule has 0 unspecified atom stereocenters. The Kier molecular flexibility index (Phi) is 5.45. The van der Waals surface area contributed by atoms with Gasteiger partial charge in [0.1, 0.15) is 22.2 Å². The van der Waals surface area contributed by atoms with Gasteiger partial charge in [-0.05, 0) is 26.0 Å². The van der Waals surface area contributed by atoms with E-state index in [0.29, 0.717) is 33.4 Å². The van der Waals surface area contributed by atoms with Crippen molar-refractivity contribution in [2.45, 2.75) is 13.8 Å². The molecular formula is C22H18ClN5O2. The van der Waals surface area contributed by atoms with E-state index in [1.807, 2.05) is 67.6 Å². The zero-order valence-electron chi connectivity index (χ0n) is 16.3. The lowest BCUT2D eigenvalue weighted by molar-refractivity contribution is 0.0954. The van der Waals surface area contributed by atoms with E-state index >= 15 is 0 Å². The Hall–Kier alpha value is -3.71. The number of amides is 1. The first-order chi connectivity index (χ1) is 14.6. The Balaban J connectivity index is 1.56. The van der Waals surface area contributed by atoms with E-state index < -0.39 is 5.91 Å². The normalized spacial score (nSPS) is 11.2. The molecule has 8 heteroatoms. The second-order valence-corrected chi connectivity index (χ2v) is 6.92. The summed E-state index contributed by atoms with van der Waals surface area (Å²) >= 11 is 6.48. The molecule has 4 rings (SSSR count). The fraction of sp³-hybridized carbons (Fsp3) is 0.0909. The summed E-state index contributed by atoms with van der Waals surface area (Å²) in [7, 11) is 0. The van der Waals surface area contributed by atoms with Crippen LogP contribution in [0.5, 0.6) is 0 Å². The van der Waals surface area contributed by atoms with Crippen LogP contribution in [0.1, 0.15) is 27.4 Å². The van der Waals surface area contributed by atoms with Gasteiger partial charge in [0, 0.05) is 5.56 Å². The molecule has 150 valence electrons. The smallest absolute Gasteiger partial charge is 0.277 e. The Labute approximate surface area is 178 Å². The Morgan fingerprint density at radius 2 is 1.77 bits per heavy atom. The monoisotopic (exact) mass is 419 g/mol. The number of para-hydroxylation sites is 1. The summed E-state index contributed by atoms with van der Waals surface area (Å²) in [6.07, 6.45) is 1.48. The fourth-order valence-electron chi connectivity index (χ4n) is 3.04. The molecular weight excluding hydrogens is 402 g/mol. The van der Waals surface area contributed by atoms with E-state index in [0.717, 1.165) is 11.3 Å². The molecule has 0 spiro atoms. The van der Waals surface area contributed by atoms with Gasteiger partial charge in [-0.25, -0.2) is 10.1 Å². The van der Waals surface area contributed by atoms with Crippen LogP contribution in [0.15, 0.2) is 70.3 Å².